The second-order valence-electron chi connectivity index (χ2n) is 7.18. The lowest BCUT2D eigenvalue weighted by Crippen LogP contribution is -2.45. The van der Waals surface area contributed by atoms with Gasteiger partial charge in [0.15, 0.2) is 0 Å². The van der Waals surface area contributed by atoms with Gasteiger partial charge >= 0.3 is 0 Å². The number of nitrogens with zero attached hydrogens (tertiary/aromatic N) is 2. The Morgan fingerprint density at radius 2 is 1.80 bits per heavy atom. The van der Waals surface area contributed by atoms with Gasteiger partial charge in [0.1, 0.15) is 0 Å². The summed E-state index contributed by atoms with van der Waals surface area (Å²) in [6.45, 7) is 13.1. The maximum absolute atomic E-state index is 5.96. The fourth-order valence-electron chi connectivity index (χ4n) is 4.05. The molecule has 0 aromatic rings. The highest BCUT2D eigenvalue weighted by molar-refractivity contribution is 4.96. The summed E-state index contributed by atoms with van der Waals surface area (Å²) in [4.78, 5) is 5.33. The van der Waals surface area contributed by atoms with E-state index >= 15 is 0 Å². The van der Waals surface area contributed by atoms with E-state index in [0.717, 1.165) is 39.0 Å². The Morgan fingerprint density at radius 3 is 2.55 bits per heavy atom. The fourth-order valence-corrected chi connectivity index (χ4v) is 4.05. The topological polar surface area (TPSA) is 24.9 Å². The third kappa shape index (κ3) is 3.19. The zero-order chi connectivity index (χ0) is 14.0. The summed E-state index contributed by atoms with van der Waals surface area (Å²) < 4.78 is 11.5. The van der Waals surface area contributed by atoms with Gasteiger partial charge in [0.05, 0.1) is 13.2 Å². The first-order chi connectivity index (χ1) is 9.69. The number of ether oxygens (including phenoxy) is 2. The molecule has 0 saturated carbocycles. The van der Waals surface area contributed by atoms with Gasteiger partial charge in [0, 0.05) is 50.3 Å². The predicted molar refractivity (Wildman–Crippen MR) is 80.0 cm³/mol. The third-order valence-corrected chi connectivity index (χ3v) is 5.37. The SMILES string of the molecule is CC(C)N1CCOCC2(CCN(C3CCOCC3)C2)C1. The molecule has 0 N–H and O–H groups in total. The number of hydrogen-bond acceptors (Lipinski definition) is 4. The molecule has 1 atom stereocenters. The first-order valence-corrected chi connectivity index (χ1v) is 8.32. The second kappa shape index (κ2) is 6.30. The van der Waals surface area contributed by atoms with Gasteiger partial charge in [0.25, 0.3) is 0 Å². The Labute approximate surface area is 123 Å². The van der Waals surface area contributed by atoms with Crippen LogP contribution in [0.4, 0.5) is 0 Å². The molecule has 3 aliphatic heterocycles. The molecular weight excluding hydrogens is 252 g/mol. The average Bonchev–Trinajstić information content (AvgIpc) is 2.75. The highest BCUT2D eigenvalue weighted by Gasteiger charge is 2.43. The van der Waals surface area contributed by atoms with Crippen LogP contribution in [-0.4, -0.2) is 74.5 Å². The van der Waals surface area contributed by atoms with Crippen LogP contribution >= 0.6 is 0 Å². The van der Waals surface area contributed by atoms with E-state index in [1.807, 2.05) is 0 Å². The lowest BCUT2D eigenvalue weighted by atomic mass is 9.87. The molecule has 0 aromatic heterocycles. The van der Waals surface area contributed by atoms with Crippen molar-refractivity contribution < 1.29 is 9.47 Å². The van der Waals surface area contributed by atoms with Crippen LogP contribution < -0.4 is 0 Å². The Morgan fingerprint density at radius 1 is 1.00 bits per heavy atom. The molecule has 3 aliphatic rings. The molecule has 3 rings (SSSR count). The van der Waals surface area contributed by atoms with Crippen LogP contribution in [0.3, 0.4) is 0 Å². The van der Waals surface area contributed by atoms with Crippen molar-refractivity contribution in [2.75, 3.05) is 52.6 Å². The molecule has 3 saturated heterocycles. The van der Waals surface area contributed by atoms with Gasteiger partial charge < -0.3 is 9.47 Å². The van der Waals surface area contributed by atoms with E-state index in [-0.39, 0.29) is 0 Å². The van der Waals surface area contributed by atoms with Crippen LogP contribution in [0.1, 0.15) is 33.1 Å². The molecule has 0 amide bonds. The van der Waals surface area contributed by atoms with Gasteiger partial charge in [-0.1, -0.05) is 0 Å². The minimum atomic E-state index is 0.374. The Kier molecular flexibility index (Phi) is 4.65. The summed E-state index contributed by atoms with van der Waals surface area (Å²) in [5, 5.41) is 0. The summed E-state index contributed by atoms with van der Waals surface area (Å²) in [6.07, 6.45) is 3.73. The summed E-state index contributed by atoms with van der Waals surface area (Å²) >= 11 is 0. The van der Waals surface area contributed by atoms with Crippen LogP contribution in [0.25, 0.3) is 0 Å². The highest BCUT2D eigenvalue weighted by Crippen LogP contribution is 2.36. The number of rotatable bonds is 2. The molecule has 1 unspecified atom stereocenters. The van der Waals surface area contributed by atoms with E-state index in [9.17, 15) is 0 Å². The highest BCUT2D eigenvalue weighted by atomic mass is 16.5. The maximum atomic E-state index is 5.96. The monoisotopic (exact) mass is 282 g/mol. The zero-order valence-electron chi connectivity index (χ0n) is 13.1. The molecule has 4 nitrogen and oxygen atoms in total. The molecule has 3 fully saturated rings. The molecule has 116 valence electrons. The maximum Gasteiger partial charge on any atom is 0.0593 e. The van der Waals surface area contributed by atoms with Gasteiger partial charge in [0.2, 0.25) is 0 Å². The molecule has 20 heavy (non-hydrogen) atoms. The number of hydrogen-bond donors (Lipinski definition) is 0. The van der Waals surface area contributed by atoms with Crippen molar-refractivity contribution in [1.82, 2.24) is 9.80 Å². The molecule has 0 radical (unpaired) electrons. The average molecular weight is 282 g/mol. The largest absolute Gasteiger partial charge is 0.381 e. The molecule has 0 aliphatic carbocycles. The van der Waals surface area contributed by atoms with Crippen molar-refractivity contribution in [2.24, 2.45) is 5.41 Å². The summed E-state index contributed by atoms with van der Waals surface area (Å²) in [6, 6.07) is 1.38. The van der Waals surface area contributed by atoms with Crippen molar-refractivity contribution >= 4 is 0 Å². The van der Waals surface area contributed by atoms with Crippen molar-refractivity contribution in [3.63, 3.8) is 0 Å². The van der Waals surface area contributed by atoms with Crippen LogP contribution in [0.15, 0.2) is 0 Å². The van der Waals surface area contributed by atoms with Gasteiger partial charge in [-0.05, 0) is 39.7 Å². The Hall–Kier alpha value is -0.160. The van der Waals surface area contributed by atoms with E-state index in [0.29, 0.717) is 11.5 Å². The van der Waals surface area contributed by atoms with Gasteiger partial charge in [-0.2, -0.15) is 0 Å². The molecule has 0 aromatic carbocycles. The summed E-state index contributed by atoms with van der Waals surface area (Å²) in [5.41, 5.74) is 0.374. The molecule has 3 heterocycles. The molecular formula is C16H30N2O2. The van der Waals surface area contributed by atoms with E-state index in [4.69, 9.17) is 9.47 Å². The third-order valence-electron chi connectivity index (χ3n) is 5.37. The lowest BCUT2D eigenvalue weighted by molar-refractivity contribution is 0.0280. The van der Waals surface area contributed by atoms with Crippen LogP contribution in [0.5, 0.6) is 0 Å². The van der Waals surface area contributed by atoms with Crippen molar-refractivity contribution in [3.05, 3.63) is 0 Å². The van der Waals surface area contributed by atoms with Crippen molar-refractivity contribution in [1.29, 1.82) is 0 Å². The lowest BCUT2D eigenvalue weighted by Gasteiger charge is -2.36. The standard InChI is InChI=1S/C16H30N2O2/c1-14(2)17-7-10-20-13-16(11-17)5-6-18(12-16)15-3-8-19-9-4-15/h14-15H,3-13H2,1-2H3. The first kappa shape index (κ1) is 14.8. The van der Waals surface area contributed by atoms with Crippen molar-refractivity contribution in [3.8, 4) is 0 Å². The Balaban J connectivity index is 1.63. The quantitative estimate of drug-likeness (QED) is 0.768. The van der Waals surface area contributed by atoms with Gasteiger partial charge in [-0.25, -0.2) is 0 Å². The van der Waals surface area contributed by atoms with Crippen LogP contribution in [0, 0.1) is 5.41 Å². The van der Waals surface area contributed by atoms with E-state index in [1.165, 1.54) is 38.9 Å². The molecule has 0 bridgehead atoms. The first-order valence-electron chi connectivity index (χ1n) is 8.32. The molecule has 4 heteroatoms. The normalized spacial score (nSPS) is 35.0. The second-order valence-corrected chi connectivity index (χ2v) is 7.18. The van der Waals surface area contributed by atoms with Gasteiger partial charge in [-0.15, -0.1) is 0 Å². The zero-order valence-corrected chi connectivity index (χ0v) is 13.1. The Bertz CT molecular complexity index is 318. The minimum absolute atomic E-state index is 0.374. The minimum Gasteiger partial charge on any atom is -0.381 e. The summed E-state index contributed by atoms with van der Waals surface area (Å²) in [7, 11) is 0. The fraction of sp³-hybridized carbons (Fsp3) is 1.00. The van der Waals surface area contributed by atoms with E-state index in [1.54, 1.807) is 0 Å². The van der Waals surface area contributed by atoms with E-state index in [2.05, 4.69) is 23.6 Å². The molecule has 1 spiro atoms. The van der Waals surface area contributed by atoms with Crippen LogP contribution in [-0.2, 0) is 9.47 Å². The van der Waals surface area contributed by atoms with Gasteiger partial charge in [-0.3, -0.25) is 9.80 Å². The van der Waals surface area contributed by atoms with E-state index < -0.39 is 0 Å². The van der Waals surface area contributed by atoms with Crippen LogP contribution in [0.2, 0.25) is 0 Å². The number of likely N-dealkylation sites (tertiary alicyclic amines) is 1. The van der Waals surface area contributed by atoms with Crippen molar-refractivity contribution in [2.45, 2.75) is 45.2 Å². The summed E-state index contributed by atoms with van der Waals surface area (Å²) in [5.74, 6) is 0. The predicted octanol–water partition coefficient (Wildman–Crippen LogP) is 1.60. The smallest absolute Gasteiger partial charge is 0.0593 e.